The zero-order valence-corrected chi connectivity index (χ0v) is 16.9. The summed E-state index contributed by atoms with van der Waals surface area (Å²) in [6.45, 7) is 4.21. The Balaban J connectivity index is 2.42. The molecule has 0 unspecified atom stereocenters. The number of aliphatic hydroxyl groups excluding tert-OH is 1. The number of allylic oxidation sites excluding steroid dienone is 2. The highest BCUT2D eigenvalue weighted by Crippen LogP contribution is 2.31. The maximum absolute atomic E-state index is 11.4. The third kappa shape index (κ3) is 6.48. The molecule has 0 aromatic heterocycles. The molecule has 0 saturated carbocycles. The summed E-state index contributed by atoms with van der Waals surface area (Å²) in [6, 6.07) is 11.1. The average molecular weight is 397 g/mol. The number of carbonyl (C=O) groups is 1. The number of carbonyl (C=O) groups excluding carboxylic acids is 1. The Bertz CT molecular complexity index is 881. The first-order valence-corrected chi connectivity index (χ1v) is 9.25. The van der Waals surface area contributed by atoms with E-state index in [1.54, 1.807) is 24.7 Å². The highest BCUT2D eigenvalue weighted by Gasteiger charge is 2.13. The lowest BCUT2D eigenvalue weighted by Gasteiger charge is -2.17. The van der Waals surface area contributed by atoms with Crippen LogP contribution < -0.4 is 15.0 Å². The molecule has 2 rings (SSSR count). The molecular formula is C23H27NO5. The predicted molar refractivity (Wildman–Crippen MR) is 112 cm³/mol. The normalized spacial score (nSPS) is 10.7. The molecule has 0 bridgehead atoms. The maximum atomic E-state index is 11.4. The topological polar surface area (TPSA) is 88.0 Å². The van der Waals surface area contributed by atoms with Crippen LogP contribution in [-0.2, 0) is 24.4 Å². The first-order valence-electron chi connectivity index (χ1n) is 9.25. The summed E-state index contributed by atoms with van der Waals surface area (Å²) in [4.78, 5) is 11.4. The molecule has 0 saturated heterocycles. The van der Waals surface area contributed by atoms with Crippen LogP contribution in [0.5, 0.6) is 11.5 Å². The summed E-state index contributed by atoms with van der Waals surface area (Å²) in [5.74, 6) is 0.717. The Morgan fingerprint density at radius 1 is 1.14 bits per heavy atom. The van der Waals surface area contributed by atoms with Gasteiger partial charge in [0.2, 0.25) is 0 Å². The van der Waals surface area contributed by atoms with Crippen molar-refractivity contribution in [2.24, 2.45) is 0 Å². The largest absolute Gasteiger partial charge is 0.497 e. The second-order valence-electron chi connectivity index (χ2n) is 6.71. The third-order valence-electron chi connectivity index (χ3n) is 4.34. The smallest absolute Gasteiger partial charge is 0.267 e. The molecule has 6 nitrogen and oxygen atoms in total. The molecule has 2 aromatic carbocycles. The van der Waals surface area contributed by atoms with Crippen molar-refractivity contribution < 1.29 is 24.6 Å². The summed E-state index contributed by atoms with van der Waals surface area (Å²) >= 11 is 0. The van der Waals surface area contributed by atoms with Crippen LogP contribution in [0.1, 0.15) is 36.1 Å². The molecule has 1 amide bonds. The lowest BCUT2D eigenvalue weighted by atomic mass is 9.98. The predicted octanol–water partition coefficient (Wildman–Crippen LogP) is 3.79. The van der Waals surface area contributed by atoms with Gasteiger partial charge in [-0.05, 0) is 49.6 Å². The maximum Gasteiger partial charge on any atom is 0.267 e. The number of amides is 1. The van der Waals surface area contributed by atoms with Crippen LogP contribution in [-0.4, -0.2) is 23.3 Å². The van der Waals surface area contributed by atoms with Crippen molar-refractivity contribution in [1.29, 1.82) is 0 Å². The molecule has 6 heteroatoms. The number of benzene rings is 2. The van der Waals surface area contributed by atoms with Gasteiger partial charge in [-0.25, -0.2) is 5.48 Å². The number of hydrogen-bond donors (Lipinski definition) is 3. The fourth-order valence-electron chi connectivity index (χ4n) is 2.75. The molecule has 0 spiro atoms. The van der Waals surface area contributed by atoms with Crippen LogP contribution in [0.25, 0.3) is 6.08 Å². The molecule has 0 aliphatic heterocycles. The van der Waals surface area contributed by atoms with Crippen molar-refractivity contribution in [3.05, 3.63) is 76.4 Å². The molecule has 0 aliphatic carbocycles. The summed E-state index contributed by atoms with van der Waals surface area (Å²) in [6.07, 6.45) is 5.44. The minimum atomic E-state index is -0.636. The summed E-state index contributed by atoms with van der Waals surface area (Å²) in [5.41, 5.74) is 5.97. The van der Waals surface area contributed by atoms with Gasteiger partial charge in [0.15, 0.2) is 0 Å². The quantitative estimate of drug-likeness (QED) is 0.259. The van der Waals surface area contributed by atoms with Crippen LogP contribution in [0, 0.1) is 0 Å². The van der Waals surface area contributed by atoms with E-state index in [1.807, 2.05) is 44.2 Å². The van der Waals surface area contributed by atoms with Gasteiger partial charge in [0, 0.05) is 17.2 Å². The Labute approximate surface area is 171 Å². The Kier molecular flexibility index (Phi) is 8.45. The van der Waals surface area contributed by atoms with Crippen LogP contribution in [0.4, 0.5) is 0 Å². The van der Waals surface area contributed by atoms with Gasteiger partial charge < -0.3 is 14.6 Å². The Hall–Kier alpha value is -3.09. The van der Waals surface area contributed by atoms with E-state index in [0.717, 1.165) is 28.0 Å². The van der Waals surface area contributed by atoms with Gasteiger partial charge in [0.05, 0.1) is 13.7 Å². The van der Waals surface area contributed by atoms with Gasteiger partial charge >= 0.3 is 0 Å². The highest BCUT2D eigenvalue weighted by molar-refractivity contribution is 5.91. The van der Waals surface area contributed by atoms with Crippen molar-refractivity contribution in [3.8, 4) is 11.5 Å². The van der Waals surface area contributed by atoms with Gasteiger partial charge in [-0.1, -0.05) is 35.9 Å². The first kappa shape index (κ1) is 22.2. The minimum Gasteiger partial charge on any atom is -0.497 e. The fourth-order valence-corrected chi connectivity index (χ4v) is 2.75. The number of rotatable bonds is 9. The van der Waals surface area contributed by atoms with Crippen molar-refractivity contribution in [2.45, 2.75) is 33.5 Å². The summed E-state index contributed by atoms with van der Waals surface area (Å²) in [5, 5.41) is 18.5. The van der Waals surface area contributed by atoms with E-state index < -0.39 is 5.91 Å². The van der Waals surface area contributed by atoms with Crippen LogP contribution in [0.2, 0.25) is 0 Å². The number of nitrogens with one attached hydrogen (secondary N) is 1. The summed E-state index contributed by atoms with van der Waals surface area (Å²) < 4.78 is 11.3. The zero-order valence-electron chi connectivity index (χ0n) is 16.9. The van der Waals surface area contributed by atoms with Crippen LogP contribution >= 0.6 is 0 Å². The van der Waals surface area contributed by atoms with E-state index in [2.05, 4.69) is 6.08 Å². The number of hydroxylamine groups is 1. The molecule has 0 aliphatic rings. The van der Waals surface area contributed by atoms with E-state index in [4.69, 9.17) is 14.7 Å². The third-order valence-corrected chi connectivity index (χ3v) is 4.34. The van der Waals surface area contributed by atoms with Gasteiger partial charge in [0.1, 0.15) is 18.1 Å². The van der Waals surface area contributed by atoms with Gasteiger partial charge in [-0.3, -0.25) is 10.0 Å². The molecule has 29 heavy (non-hydrogen) atoms. The van der Waals surface area contributed by atoms with E-state index >= 15 is 0 Å². The van der Waals surface area contributed by atoms with E-state index in [-0.39, 0.29) is 6.61 Å². The van der Waals surface area contributed by atoms with Crippen molar-refractivity contribution in [2.75, 3.05) is 7.11 Å². The molecule has 3 N–H and O–H groups in total. The monoisotopic (exact) mass is 397 g/mol. The Morgan fingerprint density at radius 2 is 1.86 bits per heavy atom. The SMILES string of the molecule is COc1ccc(COc2c(/C=C/C(=O)NO)ccc(CO)c2CC=C(C)C)cc1. The molecule has 2 aromatic rings. The molecular weight excluding hydrogens is 370 g/mol. The Morgan fingerprint density at radius 3 is 2.45 bits per heavy atom. The van der Waals surface area contributed by atoms with Gasteiger partial charge in [-0.2, -0.15) is 0 Å². The minimum absolute atomic E-state index is 0.119. The van der Waals surface area contributed by atoms with Gasteiger partial charge in [0.25, 0.3) is 5.91 Å². The molecule has 0 radical (unpaired) electrons. The highest BCUT2D eigenvalue weighted by atomic mass is 16.5. The number of hydrogen-bond acceptors (Lipinski definition) is 5. The second kappa shape index (κ2) is 11.0. The van der Waals surface area contributed by atoms with Gasteiger partial charge in [-0.15, -0.1) is 0 Å². The number of ether oxygens (including phenoxy) is 2. The van der Waals surface area contributed by atoms with E-state index in [9.17, 15) is 9.90 Å². The zero-order chi connectivity index (χ0) is 21.2. The van der Waals surface area contributed by atoms with Crippen molar-refractivity contribution >= 4 is 12.0 Å². The standard InChI is InChI=1S/C23H27NO5/c1-16(2)4-12-21-19(14-25)8-7-18(9-13-22(26)24-27)23(21)29-15-17-5-10-20(28-3)11-6-17/h4-11,13,25,27H,12,14-15H2,1-3H3,(H,24,26)/b13-9+. The molecule has 0 fully saturated rings. The summed E-state index contributed by atoms with van der Waals surface area (Å²) in [7, 11) is 1.61. The van der Waals surface area contributed by atoms with Crippen LogP contribution in [0.15, 0.2) is 54.1 Å². The lowest BCUT2D eigenvalue weighted by Crippen LogP contribution is -2.14. The van der Waals surface area contributed by atoms with E-state index in [0.29, 0.717) is 24.3 Å². The molecule has 0 heterocycles. The van der Waals surface area contributed by atoms with Crippen molar-refractivity contribution in [3.63, 3.8) is 0 Å². The first-order chi connectivity index (χ1) is 14.0. The van der Waals surface area contributed by atoms with E-state index in [1.165, 1.54) is 6.08 Å². The fraction of sp³-hybridized carbons (Fsp3) is 0.261. The van der Waals surface area contributed by atoms with Crippen molar-refractivity contribution in [1.82, 2.24) is 5.48 Å². The second-order valence-corrected chi connectivity index (χ2v) is 6.71. The average Bonchev–Trinajstić information content (AvgIpc) is 2.74. The molecule has 0 atom stereocenters. The number of methoxy groups -OCH3 is 1. The van der Waals surface area contributed by atoms with Crippen LogP contribution in [0.3, 0.4) is 0 Å². The molecule has 154 valence electrons. The lowest BCUT2D eigenvalue weighted by molar-refractivity contribution is -0.124. The number of aliphatic hydroxyl groups is 1.